The van der Waals surface area contributed by atoms with Crippen molar-refractivity contribution < 1.29 is 17.9 Å². The third-order valence-corrected chi connectivity index (χ3v) is 1.47. The number of nitrogens with zero attached hydrogens (tertiary/aromatic N) is 1. The highest BCUT2D eigenvalue weighted by Gasteiger charge is 2.27. The standard InChI is InChI=1S/C7H7F3N2OS/c8-7(9,10)4-13-3-5-11-2-1-6(14)12-5/h1-2H,3-4H2,(H,11,12,14). The van der Waals surface area contributed by atoms with Gasteiger partial charge in [0.1, 0.15) is 23.7 Å². The molecule has 1 heterocycles. The Hall–Kier alpha value is -0.950. The van der Waals surface area contributed by atoms with Gasteiger partial charge in [-0.2, -0.15) is 13.2 Å². The Balaban J connectivity index is 2.43. The highest BCUT2D eigenvalue weighted by Crippen LogP contribution is 2.14. The van der Waals surface area contributed by atoms with Crippen molar-refractivity contribution in [1.29, 1.82) is 0 Å². The van der Waals surface area contributed by atoms with Gasteiger partial charge >= 0.3 is 6.18 Å². The fraction of sp³-hybridized carbons (Fsp3) is 0.429. The van der Waals surface area contributed by atoms with Crippen LogP contribution in [0.15, 0.2) is 12.3 Å². The number of hydrogen-bond donors (Lipinski definition) is 1. The molecule has 0 bridgehead atoms. The summed E-state index contributed by atoms with van der Waals surface area (Å²) in [5.74, 6) is 0.279. The van der Waals surface area contributed by atoms with Crippen LogP contribution in [0.2, 0.25) is 0 Å². The van der Waals surface area contributed by atoms with Crippen LogP contribution in [0.1, 0.15) is 5.82 Å². The molecule has 78 valence electrons. The third-order valence-electron chi connectivity index (χ3n) is 1.23. The molecule has 0 atom stereocenters. The lowest BCUT2D eigenvalue weighted by molar-refractivity contribution is -0.177. The number of halogens is 3. The monoisotopic (exact) mass is 224 g/mol. The first-order valence-corrected chi connectivity index (χ1v) is 4.07. The van der Waals surface area contributed by atoms with Crippen molar-refractivity contribution in [2.75, 3.05) is 6.61 Å². The predicted octanol–water partition coefficient (Wildman–Crippen LogP) is 2.22. The van der Waals surface area contributed by atoms with Crippen LogP contribution in [0.3, 0.4) is 0 Å². The van der Waals surface area contributed by atoms with E-state index in [0.717, 1.165) is 0 Å². The average Bonchev–Trinajstić information content (AvgIpc) is 2.01. The maximum Gasteiger partial charge on any atom is 0.411 e. The Morgan fingerprint density at radius 3 is 2.79 bits per heavy atom. The molecule has 0 unspecified atom stereocenters. The van der Waals surface area contributed by atoms with Gasteiger partial charge in [0.05, 0.1) is 0 Å². The predicted molar refractivity (Wildman–Crippen MR) is 45.1 cm³/mol. The highest BCUT2D eigenvalue weighted by molar-refractivity contribution is 7.71. The van der Waals surface area contributed by atoms with E-state index in [2.05, 4.69) is 14.7 Å². The fourth-order valence-electron chi connectivity index (χ4n) is 0.748. The van der Waals surface area contributed by atoms with Gasteiger partial charge in [0, 0.05) is 6.20 Å². The Morgan fingerprint density at radius 1 is 1.50 bits per heavy atom. The number of ether oxygens (including phenoxy) is 1. The topological polar surface area (TPSA) is 37.9 Å². The number of alkyl halides is 3. The molecular formula is C7H7F3N2OS. The fourth-order valence-corrected chi connectivity index (χ4v) is 0.927. The average molecular weight is 224 g/mol. The number of H-pyrrole nitrogens is 1. The van der Waals surface area contributed by atoms with E-state index in [9.17, 15) is 13.2 Å². The molecule has 1 aromatic heterocycles. The number of aromatic nitrogens is 2. The van der Waals surface area contributed by atoms with Crippen molar-refractivity contribution in [3.8, 4) is 0 Å². The van der Waals surface area contributed by atoms with Crippen molar-refractivity contribution in [2.24, 2.45) is 0 Å². The lowest BCUT2D eigenvalue weighted by Crippen LogP contribution is -2.17. The summed E-state index contributed by atoms with van der Waals surface area (Å²) in [6.07, 6.45) is -2.91. The SMILES string of the molecule is FC(F)(F)COCc1nccc(=S)[nH]1. The normalized spacial score (nSPS) is 11.6. The highest BCUT2D eigenvalue weighted by atomic mass is 32.1. The summed E-state index contributed by atoms with van der Waals surface area (Å²) in [6, 6.07) is 1.53. The van der Waals surface area contributed by atoms with Gasteiger partial charge in [0.15, 0.2) is 0 Å². The second kappa shape index (κ2) is 4.52. The van der Waals surface area contributed by atoms with E-state index in [-0.39, 0.29) is 12.4 Å². The largest absolute Gasteiger partial charge is 0.411 e. The number of aromatic amines is 1. The summed E-state index contributed by atoms with van der Waals surface area (Å²) >= 11 is 4.75. The summed E-state index contributed by atoms with van der Waals surface area (Å²) in [7, 11) is 0. The van der Waals surface area contributed by atoms with Crippen molar-refractivity contribution in [3.05, 3.63) is 22.7 Å². The second-order valence-electron chi connectivity index (χ2n) is 2.49. The quantitative estimate of drug-likeness (QED) is 0.800. The third kappa shape index (κ3) is 4.33. The van der Waals surface area contributed by atoms with Gasteiger partial charge in [-0.05, 0) is 6.07 Å². The summed E-state index contributed by atoms with van der Waals surface area (Å²) in [5.41, 5.74) is 0. The first-order chi connectivity index (χ1) is 6.47. The lowest BCUT2D eigenvalue weighted by Gasteiger charge is -2.06. The molecule has 0 spiro atoms. The zero-order chi connectivity index (χ0) is 10.6. The molecule has 3 nitrogen and oxygen atoms in total. The zero-order valence-electron chi connectivity index (χ0n) is 6.97. The Bertz CT molecular complexity index is 349. The minimum Gasteiger partial charge on any atom is -0.364 e. The summed E-state index contributed by atoms with van der Waals surface area (Å²) in [5, 5.41) is 0. The second-order valence-corrected chi connectivity index (χ2v) is 2.93. The van der Waals surface area contributed by atoms with Crippen LogP contribution in [-0.2, 0) is 11.3 Å². The van der Waals surface area contributed by atoms with Gasteiger partial charge in [-0.3, -0.25) is 0 Å². The first-order valence-electron chi connectivity index (χ1n) is 3.66. The van der Waals surface area contributed by atoms with Gasteiger partial charge in [0.25, 0.3) is 0 Å². The van der Waals surface area contributed by atoms with E-state index < -0.39 is 12.8 Å². The van der Waals surface area contributed by atoms with E-state index in [1.165, 1.54) is 12.3 Å². The zero-order valence-corrected chi connectivity index (χ0v) is 7.78. The number of hydrogen-bond acceptors (Lipinski definition) is 3. The van der Waals surface area contributed by atoms with Crippen molar-refractivity contribution >= 4 is 12.2 Å². The molecule has 1 aromatic rings. The smallest absolute Gasteiger partial charge is 0.364 e. The Labute approximate surface area is 82.9 Å². The number of rotatable bonds is 3. The number of nitrogens with one attached hydrogen (secondary N) is 1. The molecule has 0 aromatic carbocycles. The molecule has 7 heteroatoms. The van der Waals surface area contributed by atoms with Crippen LogP contribution < -0.4 is 0 Å². The molecule has 0 aliphatic heterocycles. The summed E-state index contributed by atoms with van der Waals surface area (Å²) in [6.45, 7) is -1.52. The van der Waals surface area contributed by atoms with Crippen molar-refractivity contribution in [3.63, 3.8) is 0 Å². The van der Waals surface area contributed by atoms with Gasteiger partial charge in [-0.25, -0.2) is 4.98 Å². The molecule has 0 saturated heterocycles. The molecular weight excluding hydrogens is 217 g/mol. The Kier molecular flexibility index (Phi) is 3.59. The molecule has 0 amide bonds. The minimum atomic E-state index is -4.31. The van der Waals surface area contributed by atoms with E-state index in [4.69, 9.17) is 12.2 Å². The minimum absolute atomic E-state index is 0.232. The summed E-state index contributed by atoms with van der Waals surface area (Å²) in [4.78, 5) is 6.35. The van der Waals surface area contributed by atoms with Crippen LogP contribution in [0.25, 0.3) is 0 Å². The van der Waals surface area contributed by atoms with Crippen LogP contribution in [-0.4, -0.2) is 22.8 Å². The van der Waals surface area contributed by atoms with E-state index in [1.54, 1.807) is 0 Å². The van der Waals surface area contributed by atoms with E-state index in [0.29, 0.717) is 4.64 Å². The Morgan fingerprint density at radius 2 is 2.21 bits per heavy atom. The van der Waals surface area contributed by atoms with E-state index in [1.807, 2.05) is 0 Å². The first kappa shape index (κ1) is 11.1. The molecule has 0 aliphatic rings. The molecule has 0 fully saturated rings. The molecule has 0 aliphatic carbocycles. The van der Waals surface area contributed by atoms with Crippen LogP contribution in [0.5, 0.6) is 0 Å². The molecule has 14 heavy (non-hydrogen) atoms. The van der Waals surface area contributed by atoms with Crippen LogP contribution >= 0.6 is 12.2 Å². The molecule has 1 N–H and O–H groups in total. The maximum atomic E-state index is 11.7. The summed E-state index contributed by atoms with van der Waals surface area (Å²) < 4.78 is 39.8. The van der Waals surface area contributed by atoms with Crippen LogP contribution in [0.4, 0.5) is 13.2 Å². The van der Waals surface area contributed by atoms with Gasteiger partial charge < -0.3 is 9.72 Å². The van der Waals surface area contributed by atoms with Crippen LogP contribution in [0, 0.1) is 4.64 Å². The van der Waals surface area contributed by atoms with Gasteiger partial charge in [-0.1, -0.05) is 12.2 Å². The maximum absolute atomic E-state index is 11.7. The molecule has 0 radical (unpaired) electrons. The van der Waals surface area contributed by atoms with Crippen molar-refractivity contribution in [2.45, 2.75) is 12.8 Å². The lowest BCUT2D eigenvalue weighted by atomic mass is 10.6. The van der Waals surface area contributed by atoms with Crippen molar-refractivity contribution in [1.82, 2.24) is 9.97 Å². The van der Waals surface area contributed by atoms with Gasteiger partial charge in [-0.15, -0.1) is 0 Å². The molecule has 1 rings (SSSR count). The van der Waals surface area contributed by atoms with Gasteiger partial charge in [0.2, 0.25) is 0 Å². The van der Waals surface area contributed by atoms with E-state index >= 15 is 0 Å². The molecule has 0 saturated carbocycles.